The molecule has 11 rings (SSSR count). The van der Waals surface area contributed by atoms with Crippen LogP contribution in [0.5, 0.6) is 0 Å². The van der Waals surface area contributed by atoms with Gasteiger partial charge < -0.3 is 4.42 Å². The van der Waals surface area contributed by atoms with Crippen molar-refractivity contribution in [1.29, 1.82) is 0 Å². The van der Waals surface area contributed by atoms with Gasteiger partial charge in [0, 0.05) is 16.2 Å². The molecule has 10 aromatic carbocycles. The number of benzene rings is 10. The summed E-state index contributed by atoms with van der Waals surface area (Å²) >= 11 is 0. The Labute approximate surface area is 282 Å². The Morgan fingerprint density at radius 3 is 1.61 bits per heavy atom. The molecule has 0 saturated carbocycles. The van der Waals surface area contributed by atoms with Gasteiger partial charge in [-0.1, -0.05) is 140 Å². The molecule has 11 aromatic rings. The quantitative estimate of drug-likeness (QED) is 0.138. The first-order chi connectivity index (χ1) is 24.3. The molecule has 0 spiro atoms. The molecule has 0 N–H and O–H groups in total. The lowest BCUT2D eigenvalue weighted by Gasteiger charge is -2.19. The highest BCUT2D eigenvalue weighted by Crippen LogP contribution is 2.47. The summed E-state index contributed by atoms with van der Waals surface area (Å²) in [4.78, 5) is 0. The van der Waals surface area contributed by atoms with Gasteiger partial charge in [0.25, 0.3) is 0 Å². The Morgan fingerprint density at radius 2 is 0.857 bits per heavy atom. The van der Waals surface area contributed by atoms with Crippen molar-refractivity contribution in [3.8, 4) is 22.3 Å². The minimum atomic E-state index is 0.912. The molecule has 49 heavy (non-hydrogen) atoms. The lowest BCUT2D eigenvalue weighted by molar-refractivity contribution is 0.673. The van der Waals surface area contributed by atoms with Crippen molar-refractivity contribution >= 4 is 86.6 Å². The van der Waals surface area contributed by atoms with Gasteiger partial charge in [-0.2, -0.15) is 0 Å². The Kier molecular flexibility index (Phi) is 5.45. The van der Waals surface area contributed by atoms with E-state index < -0.39 is 0 Å². The lowest BCUT2D eigenvalue weighted by Crippen LogP contribution is -1.92. The summed E-state index contributed by atoms with van der Waals surface area (Å²) in [6.45, 7) is 0. The highest BCUT2D eigenvalue weighted by molar-refractivity contribution is 6.26. The van der Waals surface area contributed by atoms with Gasteiger partial charge in [-0.3, -0.25) is 0 Å². The van der Waals surface area contributed by atoms with Crippen LogP contribution in [0.4, 0.5) is 0 Å². The normalized spacial score (nSPS) is 12.1. The topological polar surface area (TPSA) is 13.1 Å². The third kappa shape index (κ3) is 3.82. The minimum absolute atomic E-state index is 0.912. The Bertz CT molecular complexity index is 3100. The SMILES string of the molecule is c1ccc2cc3c(ccc4c(-c5c6ccccc6c(-c6ccc7c(c6)oc6c8ccccc8ccc76)c6ccccc56)cccc43)cc2c1. The fourth-order valence-electron chi connectivity index (χ4n) is 8.39. The monoisotopic (exact) mass is 620 g/mol. The highest BCUT2D eigenvalue weighted by atomic mass is 16.3. The van der Waals surface area contributed by atoms with Crippen LogP contribution in [0.3, 0.4) is 0 Å². The van der Waals surface area contributed by atoms with E-state index in [-0.39, 0.29) is 0 Å². The molecule has 1 aromatic heterocycles. The summed E-state index contributed by atoms with van der Waals surface area (Å²) in [5.74, 6) is 0. The average molecular weight is 621 g/mol. The fraction of sp³-hybridized carbons (Fsp3) is 0. The van der Waals surface area contributed by atoms with Crippen molar-refractivity contribution in [1.82, 2.24) is 0 Å². The second kappa shape index (κ2) is 10.0. The summed E-state index contributed by atoms with van der Waals surface area (Å²) in [5.41, 5.74) is 6.79. The van der Waals surface area contributed by atoms with Crippen LogP contribution in [-0.4, -0.2) is 0 Å². The number of hydrogen-bond donors (Lipinski definition) is 0. The van der Waals surface area contributed by atoms with E-state index in [0.29, 0.717) is 0 Å². The molecule has 1 heteroatoms. The van der Waals surface area contributed by atoms with Gasteiger partial charge in [-0.25, -0.2) is 0 Å². The first-order valence-corrected chi connectivity index (χ1v) is 16.9. The van der Waals surface area contributed by atoms with Gasteiger partial charge in [-0.05, 0) is 112 Å². The first-order valence-electron chi connectivity index (χ1n) is 16.9. The van der Waals surface area contributed by atoms with Gasteiger partial charge >= 0.3 is 0 Å². The molecular formula is C48H28O. The van der Waals surface area contributed by atoms with Crippen LogP contribution in [0.25, 0.3) is 109 Å². The molecule has 0 aliphatic carbocycles. The molecule has 0 bridgehead atoms. The average Bonchev–Trinajstić information content (AvgIpc) is 3.54. The zero-order valence-corrected chi connectivity index (χ0v) is 26.6. The van der Waals surface area contributed by atoms with Gasteiger partial charge in [0.1, 0.15) is 11.2 Å². The predicted octanol–water partition coefficient (Wildman–Crippen LogP) is 13.8. The number of rotatable bonds is 2. The zero-order valence-electron chi connectivity index (χ0n) is 26.6. The molecule has 0 aliphatic heterocycles. The number of furan rings is 1. The van der Waals surface area contributed by atoms with E-state index in [1.54, 1.807) is 0 Å². The van der Waals surface area contributed by atoms with Crippen molar-refractivity contribution < 1.29 is 4.42 Å². The van der Waals surface area contributed by atoms with E-state index in [9.17, 15) is 0 Å². The summed E-state index contributed by atoms with van der Waals surface area (Å²) in [7, 11) is 0. The van der Waals surface area contributed by atoms with Gasteiger partial charge in [-0.15, -0.1) is 0 Å². The molecular weight excluding hydrogens is 593 g/mol. The Hall–Kier alpha value is -6.44. The van der Waals surface area contributed by atoms with E-state index in [0.717, 1.165) is 32.9 Å². The second-order valence-corrected chi connectivity index (χ2v) is 13.2. The van der Waals surface area contributed by atoms with Crippen LogP contribution in [0.1, 0.15) is 0 Å². The number of hydrogen-bond acceptors (Lipinski definition) is 1. The van der Waals surface area contributed by atoms with Crippen LogP contribution in [-0.2, 0) is 0 Å². The number of fused-ring (bicyclic) bond motifs is 11. The van der Waals surface area contributed by atoms with Crippen LogP contribution in [0.15, 0.2) is 174 Å². The maximum atomic E-state index is 6.66. The van der Waals surface area contributed by atoms with Crippen molar-refractivity contribution in [3.63, 3.8) is 0 Å². The van der Waals surface area contributed by atoms with Crippen molar-refractivity contribution in [2.75, 3.05) is 0 Å². The molecule has 0 radical (unpaired) electrons. The summed E-state index contributed by atoms with van der Waals surface area (Å²) in [6, 6.07) is 62.1. The summed E-state index contributed by atoms with van der Waals surface area (Å²) in [6.07, 6.45) is 0. The molecule has 0 saturated heterocycles. The largest absolute Gasteiger partial charge is 0.455 e. The van der Waals surface area contributed by atoms with E-state index in [1.807, 2.05) is 0 Å². The summed E-state index contributed by atoms with van der Waals surface area (Å²) in [5, 5.41) is 17.2. The molecule has 226 valence electrons. The molecule has 0 atom stereocenters. The maximum absolute atomic E-state index is 6.66. The minimum Gasteiger partial charge on any atom is -0.455 e. The predicted molar refractivity (Wildman–Crippen MR) is 210 cm³/mol. The zero-order chi connectivity index (χ0) is 32.1. The standard InChI is InChI=1S/C48H28O/c1-2-12-31-27-44-32(26-30(31)11-1)21-23-36-35(44)18-9-19-38(36)47-41-16-7-5-14-39(41)46(40-15-6-8-17-42(40)47)33-22-24-37-43-25-20-29-10-3-4-13-34(29)48(43)49-45(37)28-33/h1-28H. The van der Waals surface area contributed by atoms with Crippen molar-refractivity contribution in [3.05, 3.63) is 170 Å². The first kappa shape index (κ1) is 26.6. The van der Waals surface area contributed by atoms with Crippen molar-refractivity contribution in [2.45, 2.75) is 0 Å². The van der Waals surface area contributed by atoms with E-state index in [2.05, 4.69) is 170 Å². The second-order valence-electron chi connectivity index (χ2n) is 13.2. The smallest absolute Gasteiger partial charge is 0.143 e. The van der Waals surface area contributed by atoms with Crippen LogP contribution < -0.4 is 0 Å². The van der Waals surface area contributed by atoms with Crippen molar-refractivity contribution in [2.24, 2.45) is 0 Å². The Morgan fingerprint density at radius 1 is 0.286 bits per heavy atom. The van der Waals surface area contributed by atoms with Crippen LogP contribution in [0, 0.1) is 0 Å². The van der Waals surface area contributed by atoms with E-state index in [1.165, 1.54) is 75.9 Å². The summed E-state index contributed by atoms with van der Waals surface area (Å²) < 4.78 is 6.66. The highest BCUT2D eigenvalue weighted by Gasteiger charge is 2.19. The van der Waals surface area contributed by atoms with Crippen LogP contribution >= 0.6 is 0 Å². The Balaban J connectivity index is 1.20. The van der Waals surface area contributed by atoms with Gasteiger partial charge in [0.05, 0.1) is 0 Å². The van der Waals surface area contributed by atoms with E-state index in [4.69, 9.17) is 4.42 Å². The molecule has 0 fully saturated rings. The molecule has 0 aliphatic rings. The molecule has 0 unspecified atom stereocenters. The fourth-order valence-corrected chi connectivity index (χ4v) is 8.39. The molecule has 1 nitrogen and oxygen atoms in total. The van der Waals surface area contributed by atoms with Crippen LogP contribution in [0.2, 0.25) is 0 Å². The third-order valence-electron chi connectivity index (χ3n) is 10.6. The lowest BCUT2D eigenvalue weighted by atomic mass is 9.84. The maximum Gasteiger partial charge on any atom is 0.143 e. The third-order valence-corrected chi connectivity index (χ3v) is 10.6. The van der Waals surface area contributed by atoms with Gasteiger partial charge in [0.15, 0.2) is 0 Å². The van der Waals surface area contributed by atoms with E-state index >= 15 is 0 Å². The molecule has 0 amide bonds. The molecule has 1 heterocycles. The van der Waals surface area contributed by atoms with Gasteiger partial charge in [0.2, 0.25) is 0 Å².